The molecule has 1 aromatic heterocycles. The van der Waals surface area contributed by atoms with Crippen LogP contribution in [-0.4, -0.2) is 57.5 Å². The number of epoxide rings is 1. The largest absolute Gasteiger partial charge is 0.458 e. The predicted octanol–water partition coefficient (Wildman–Crippen LogP) is 4.09. The van der Waals surface area contributed by atoms with Gasteiger partial charge in [-0.2, -0.15) is 0 Å². The number of carbonyl (C=O) groups excluding carboxylic acids is 2. The number of cyclic esters (lactones) is 1. The molecular formula is C26H39NO6S. The number of fused-ring (bicyclic) bond motifs is 1. The molecule has 2 N–H and O–H groups in total. The van der Waals surface area contributed by atoms with Crippen molar-refractivity contribution in [1.82, 2.24) is 4.98 Å². The third-order valence-electron chi connectivity index (χ3n) is 7.41. The van der Waals surface area contributed by atoms with E-state index in [2.05, 4.69) is 4.98 Å². The lowest BCUT2D eigenvalue weighted by Gasteiger charge is -2.34. The summed E-state index contributed by atoms with van der Waals surface area (Å²) in [5, 5.41) is 24.5. The number of rotatable bonds is 2. The number of ether oxygens (including phenoxy) is 2. The molecule has 0 saturated carbocycles. The molecular weight excluding hydrogens is 454 g/mol. The lowest BCUT2D eigenvalue weighted by Crippen LogP contribution is -2.45. The Balaban J connectivity index is 1.81. The number of hydrogen-bond acceptors (Lipinski definition) is 8. The molecule has 0 amide bonds. The van der Waals surface area contributed by atoms with E-state index in [1.54, 1.807) is 32.1 Å². The van der Waals surface area contributed by atoms with E-state index in [-0.39, 0.29) is 30.3 Å². The van der Waals surface area contributed by atoms with Crippen molar-refractivity contribution in [3.63, 3.8) is 0 Å². The predicted molar refractivity (Wildman–Crippen MR) is 131 cm³/mol. The number of Topliss-reactive ketones (excluding diaryl/α,β-unsaturated/α-hetero) is 1. The molecule has 2 aliphatic heterocycles. The zero-order chi connectivity index (χ0) is 25.2. The van der Waals surface area contributed by atoms with Crippen LogP contribution in [0.25, 0.3) is 6.08 Å². The summed E-state index contributed by atoms with van der Waals surface area (Å²) in [5.41, 5.74) is 0.494. The third kappa shape index (κ3) is 6.53. The number of ketones is 1. The van der Waals surface area contributed by atoms with Crippen LogP contribution in [0.15, 0.2) is 11.0 Å². The van der Waals surface area contributed by atoms with Crippen molar-refractivity contribution in [3.05, 3.63) is 21.7 Å². The molecule has 0 spiro atoms. The van der Waals surface area contributed by atoms with Gasteiger partial charge in [0.15, 0.2) is 0 Å². The number of nitrogens with zero attached hydrogens (tertiary/aromatic N) is 1. The van der Waals surface area contributed by atoms with Gasteiger partial charge < -0.3 is 19.7 Å². The van der Waals surface area contributed by atoms with Crippen LogP contribution in [0.4, 0.5) is 0 Å². The van der Waals surface area contributed by atoms with Crippen LogP contribution in [0.1, 0.15) is 77.4 Å². The summed E-state index contributed by atoms with van der Waals surface area (Å²) < 4.78 is 11.7. The van der Waals surface area contributed by atoms with Crippen LogP contribution in [0.2, 0.25) is 0 Å². The van der Waals surface area contributed by atoms with Crippen LogP contribution in [0.5, 0.6) is 0 Å². The molecule has 3 rings (SSSR count). The van der Waals surface area contributed by atoms with Crippen LogP contribution in [-0.2, 0) is 19.1 Å². The fraction of sp³-hybridized carbons (Fsp3) is 0.731. The molecule has 0 bridgehead atoms. The molecule has 8 heteroatoms. The van der Waals surface area contributed by atoms with Crippen molar-refractivity contribution < 1.29 is 29.3 Å². The number of aryl methyl sites for hydroxylation is 1. The first kappa shape index (κ1) is 27.0. The Bertz CT molecular complexity index is 909. The van der Waals surface area contributed by atoms with Crippen LogP contribution in [0.3, 0.4) is 0 Å². The second kappa shape index (κ2) is 11.0. The minimum Gasteiger partial charge on any atom is -0.458 e. The van der Waals surface area contributed by atoms with Crippen molar-refractivity contribution in [2.45, 2.75) is 104 Å². The maximum absolute atomic E-state index is 13.2. The standard InChI is InChI=1S/C26H39NO6S/c1-14-8-7-9-19-21(32-19)11-20(15(2)10-18-13-34-17(4)27-18)33-23(29)12-22(28)26(5,6)25(31)16(3)24(14)30/h10,13-14,16,19-22,24,28,30H,7-9,11-12H2,1-6H3/b15-10+/t14-,16+,19+,20-,21-,22?,24-/m0/s1. The highest BCUT2D eigenvalue weighted by molar-refractivity contribution is 7.09. The van der Waals surface area contributed by atoms with Gasteiger partial charge in [0.1, 0.15) is 11.9 Å². The van der Waals surface area contributed by atoms with Crippen LogP contribution < -0.4 is 0 Å². The lowest BCUT2D eigenvalue weighted by molar-refractivity contribution is -0.154. The second-order valence-corrected chi connectivity index (χ2v) is 11.7. The van der Waals surface area contributed by atoms with E-state index in [0.29, 0.717) is 6.42 Å². The topological polar surface area (TPSA) is 109 Å². The SMILES string of the molecule is C/C(=C\c1csc(C)n1)[C@@H]1C[C@@H]2O[C@@H]2CCC[C@H](C)[C@H](O)[C@@H](C)C(=O)C(C)(C)C(O)CC(=O)O1. The van der Waals surface area contributed by atoms with Gasteiger partial charge in [-0.25, -0.2) is 4.98 Å². The summed E-state index contributed by atoms with van der Waals surface area (Å²) in [6.07, 6.45) is 2.28. The third-order valence-corrected chi connectivity index (χ3v) is 8.20. The summed E-state index contributed by atoms with van der Waals surface area (Å²) in [6, 6.07) is 0. The van der Waals surface area contributed by atoms with Crippen LogP contribution in [0, 0.1) is 24.2 Å². The minimum atomic E-state index is -1.22. The summed E-state index contributed by atoms with van der Waals surface area (Å²) in [4.78, 5) is 30.5. The first-order chi connectivity index (χ1) is 15.9. The van der Waals surface area contributed by atoms with Crippen molar-refractivity contribution >= 4 is 29.2 Å². The molecule has 34 heavy (non-hydrogen) atoms. The Labute approximate surface area is 206 Å². The molecule has 3 heterocycles. The first-order valence-corrected chi connectivity index (χ1v) is 13.1. The van der Waals surface area contributed by atoms with Gasteiger partial charge in [0.05, 0.1) is 47.0 Å². The van der Waals surface area contributed by atoms with Gasteiger partial charge in [-0.15, -0.1) is 11.3 Å². The van der Waals surface area contributed by atoms with E-state index >= 15 is 0 Å². The summed E-state index contributed by atoms with van der Waals surface area (Å²) >= 11 is 1.56. The molecule has 7 atom stereocenters. The van der Waals surface area contributed by atoms with E-state index in [1.807, 2.05) is 32.2 Å². The van der Waals surface area contributed by atoms with Gasteiger partial charge in [0.25, 0.3) is 0 Å². The highest BCUT2D eigenvalue weighted by atomic mass is 32.1. The maximum atomic E-state index is 13.2. The second-order valence-electron chi connectivity index (χ2n) is 10.6. The molecule has 2 aliphatic rings. The minimum absolute atomic E-state index is 0.00770. The molecule has 1 unspecified atom stereocenters. The first-order valence-electron chi connectivity index (χ1n) is 12.3. The number of carbonyl (C=O) groups is 2. The van der Waals surface area contributed by atoms with Crippen molar-refractivity contribution in [2.75, 3.05) is 0 Å². The Morgan fingerprint density at radius 3 is 2.56 bits per heavy atom. The van der Waals surface area contributed by atoms with Crippen LogP contribution >= 0.6 is 11.3 Å². The molecule has 0 aliphatic carbocycles. The van der Waals surface area contributed by atoms with Gasteiger partial charge in [0.2, 0.25) is 0 Å². The number of thiazole rings is 1. The van der Waals surface area contributed by atoms with E-state index in [0.717, 1.165) is 35.5 Å². The molecule has 1 aromatic rings. The van der Waals surface area contributed by atoms with Crippen molar-refractivity contribution in [2.24, 2.45) is 17.3 Å². The fourth-order valence-corrected chi connectivity index (χ4v) is 5.35. The summed E-state index contributed by atoms with van der Waals surface area (Å²) in [7, 11) is 0. The van der Waals surface area contributed by atoms with Crippen molar-refractivity contribution in [3.8, 4) is 0 Å². The number of esters is 1. The monoisotopic (exact) mass is 493 g/mol. The molecule has 190 valence electrons. The van der Waals surface area contributed by atoms with Gasteiger partial charge in [0, 0.05) is 17.7 Å². The van der Waals surface area contributed by atoms with E-state index in [9.17, 15) is 19.8 Å². The normalized spacial score (nSPS) is 36.0. The number of aliphatic hydroxyl groups excluding tert-OH is 2. The molecule has 0 radical (unpaired) electrons. The van der Waals surface area contributed by atoms with Gasteiger partial charge in [-0.05, 0) is 44.3 Å². The zero-order valence-corrected chi connectivity index (χ0v) is 21.9. The zero-order valence-electron chi connectivity index (χ0n) is 21.1. The van der Waals surface area contributed by atoms with Crippen molar-refractivity contribution in [1.29, 1.82) is 0 Å². The average Bonchev–Trinajstić information content (AvgIpc) is 3.38. The van der Waals surface area contributed by atoms with Gasteiger partial charge in [-0.1, -0.05) is 34.1 Å². The Hall–Kier alpha value is -1.61. The molecule has 2 saturated heterocycles. The Kier molecular flexibility index (Phi) is 8.71. The highest BCUT2D eigenvalue weighted by Gasteiger charge is 2.44. The van der Waals surface area contributed by atoms with Gasteiger partial charge >= 0.3 is 5.97 Å². The summed E-state index contributed by atoms with van der Waals surface area (Å²) in [6.45, 7) is 10.8. The Morgan fingerprint density at radius 1 is 1.21 bits per heavy atom. The lowest BCUT2D eigenvalue weighted by atomic mass is 9.73. The number of aliphatic hydroxyl groups is 2. The molecule has 7 nitrogen and oxygen atoms in total. The smallest absolute Gasteiger partial charge is 0.309 e. The van der Waals surface area contributed by atoms with E-state index < -0.39 is 35.6 Å². The Morgan fingerprint density at radius 2 is 1.91 bits per heavy atom. The summed E-state index contributed by atoms with van der Waals surface area (Å²) in [5.74, 6) is -1.52. The quantitative estimate of drug-likeness (QED) is 0.472. The van der Waals surface area contributed by atoms with E-state index in [4.69, 9.17) is 9.47 Å². The molecule has 2 fully saturated rings. The van der Waals surface area contributed by atoms with E-state index in [1.165, 1.54) is 0 Å². The molecule has 0 aromatic carbocycles. The highest BCUT2D eigenvalue weighted by Crippen LogP contribution is 2.36. The maximum Gasteiger partial charge on any atom is 0.309 e. The number of hydrogen-bond donors (Lipinski definition) is 2. The van der Waals surface area contributed by atoms with Gasteiger partial charge in [-0.3, -0.25) is 9.59 Å². The average molecular weight is 494 g/mol. The fourth-order valence-electron chi connectivity index (χ4n) is 4.78. The number of aromatic nitrogens is 1.